The molecule has 2 N–H and O–H groups in total. The van der Waals surface area contributed by atoms with Crippen LogP contribution in [0.4, 0.5) is 0 Å². The standard InChI is InChI=1S/C14H26BrN5/c1-10-14(15)12(20(4)17-10)8-11(16)13-9-18(2)6-5-7-19(13)3/h11,13H,5-9,16H2,1-4H3. The second-order valence-corrected chi connectivity index (χ2v) is 6.79. The Hall–Kier alpha value is -0.430. The molecule has 1 aliphatic heterocycles. The summed E-state index contributed by atoms with van der Waals surface area (Å²) in [6.45, 7) is 5.33. The summed E-state index contributed by atoms with van der Waals surface area (Å²) in [4.78, 5) is 4.79. The van der Waals surface area contributed by atoms with Crippen molar-refractivity contribution in [1.82, 2.24) is 19.6 Å². The van der Waals surface area contributed by atoms with Crippen LogP contribution in [0.1, 0.15) is 17.8 Å². The van der Waals surface area contributed by atoms with Crippen LogP contribution >= 0.6 is 15.9 Å². The van der Waals surface area contributed by atoms with E-state index in [0.29, 0.717) is 6.04 Å². The fourth-order valence-electron chi connectivity index (χ4n) is 3.03. The van der Waals surface area contributed by atoms with E-state index in [4.69, 9.17) is 5.73 Å². The lowest BCUT2D eigenvalue weighted by Crippen LogP contribution is -2.51. The number of hydrogen-bond donors (Lipinski definition) is 1. The highest BCUT2D eigenvalue weighted by Crippen LogP contribution is 2.22. The van der Waals surface area contributed by atoms with Gasteiger partial charge in [0.15, 0.2) is 0 Å². The zero-order valence-electron chi connectivity index (χ0n) is 12.9. The van der Waals surface area contributed by atoms with E-state index in [1.165, 1.54) is 12.1 Å². The Kier molecular flexibility index (Phi) is 5.23. The SMILES string of the molecule is Cc1nn(C)c(CC(N)C2CN(C)CCCN2C)c1Br. The van der Waals surface area contributed by atoms with Gasteiger partial charge in [-0.05, 0) is 56.5 Å². The number of nitrogens with two attached hydrogens (primary N) is 1. The molecule has 1 aromatic heterocycles. The molecule has 0 spiro atoms. The number of aromatic nitrogens is 2. The number of hydrogen-bond acceptors (Lipinski definition) is 4. The number of likely N-dealkylation sites (N-methyl/N-ethyl adjacent to an activating group) is 2. The number of rotatable bonds is 3. The lowest BCUT2D eigenvalue weighted by Gasteiger charge is -2.32. The summed E-state index contributed by atoms with van der Waals surface area (Å²) >= 11 is 3.63. The van der Waals surface area contributed by atoms with Crippen LogP contribution < -0.4 is 5.73 Å². The van der Waals surface area contributed by atoms with Crippen molar-refractivity contribution in [2.75, 3.05) is 33.7 Å². The molecule has 5 nitrogen and oxygen atoms in total. The van der Waals surface area contributed by atoms with E-state index in [0.717, 1.165) is 36.2 Å². The third-order valence-electron chi connectivity index (χ3n) is 4.30. The summed E-state index contributed by atoms with van der Waals surface area (Å²) < 4.78 is 3.04. The topological polar surface area (TPSA) is 50.3 Å². The van der Waals surface area contributed by atoms with Crippen LogP contribution in [0.2, 0.25) is 0 Å². The van der Waals surface area contributed by atoms with Crippen molar-refractivity contribution in [2.24, 2.45) is 12.8 Å². The third kappa shape index (κ3) is 3.42. The third-order valence-corrected chi connectivity index (χ3v) is 5.33. The maximum Gasteiger partial charge on any atom is 0.0738 e. The minimum absolute atomic E-state index is 0.117. The van der Waals surface area contributed by atoms with Gasteiger partial charge in [0.2, 0.25) is 0 Å². The van der Waals surface area contributed by atoms with Crippen molar-refractivity contribution < 1.29 is 0 Å². The summed E-state index contributed by atoms with van der Waals surface area (Å²) in [6.07, 6.45) is 2.06. The highest BCUT2D eigenvalue weighted by Gasteiger charge is 2.27. The fraction of sp³-hybridized carbons (Fsp3) is 0.786. The van der Waals surface area contributed by atoms with Gasteiger partial charge in [-0.1, -0.05) is 0 Å². The molecule has 0 saturated carbocycles. The summed E-state index contributed by atoms with van der Waals surface area (Å²) in [5, 5.41) is 4.45. The first-order valence-electron chi connectivity index (χ1n) is 7.22. The fourth-order valence-corrected chi connectivity index (χ4v) is 3.53. The van der Waals surface area contributed by atoms with Crippen LogP contribution in [-0.2, 0) is 13.5 Å². The maximum absolute atomic E-state index is 6.52. The van der Waals surface area contributed by atoms with Gasteiger partial charge >= 0.3 is 0 Å². The second kappa shape index (κ2) is 6.56. The molecule has 114 valence electrons. The van der Waals surface area contributed by atoms with Crippen molar-refractivity contribution in [1.29, 1.82) is 0 Å². The van der Waals surface area contributed by atoms with Crippen molar-refractivity contribution >= 4 is 15.9 Å². The first-order chi connectivity index (χ1) is 9.40. The Morgan fingerprint density at radius 1 is 1.35 bits per heavy atom. The Labute approximate surface area is 130 Å². The normalized spacial score (nSPS) is 23.8. The zero-order chi connectivity index (χ0) is 14.9. The smallest absolute Gasteiger partial charge is 0.0738 e. The van der Waals surface area contributed by atoms with Gasteiger partial charge in [0.1, 0.15) is 0 Å². The molecule has 6 heteroatoms. The minimum atomic E-state index is 0.117. The molecule has 1 aliphatic rings. The number of nitrogens with zero attached hydrogens (tertiary/aromatic N) is 4. The molecule has 0 radical (unpaired) electrons. The molecule has 0 aliphatic carbocycles. The van der Waals surface area contributed by atoms with Gasteiger partial charge in [0.25, 0.3) is 0 Å². The van der Waals surface area contributed by atoms with Gasteiger partial charge in [0, 0.05) is 32.1 Å². The molecule has 2 atom stereocenters. The van der Waals surface area contributed by atoms with Crippen molar-refractivity contribution in [3.63, 3.8) is 0 Å². The van der Waals surface area contributed by atoms with Crippen LogP contribution in [0.5, 0.6) is 0 Å². The Bertz CT molecular complexity index is 459. The maximum atomic E-state index is 6.52. The Morgan fingerprint density at radius 3 is 2.65 bits per heavy atom. The first-order valence-corrected chi connectivity index (χ1v) is 8.01. The molecule has 2 unspecified atom stereocenters. The summed E-state index contributed by atoms with van der Waals surface area (Å²) in [7, 11) is 6.36. The van der Waals surface area contributed by atoms with Crippen LogP contribution in [-0.4, -0.2) is 65.4 Å². The average molecular weight is 344 g/mol. The van der Waals surface area contributed by atoms with Gasteiger partial charge in [0.05, 0.1) is 15.9 Å². The van der Waals surface area contributed by atoms with E-state index in [9.17, 15) is 0 Å². The monoisotopic (exact) mass is 343 g/mol. The van der Waals surface area contributed by atoms with E-state index in [2.05, 4.69) is 44.9 Å². The zero-order valence-corrected chi connectivity index (χ0v) is 14.5. The molecule has 1 fully saturated rings. The Balaban J connectivity index is 2.11. The largest absolute Gasteiger partial charge is 0.326 e. The molecular weight excluding hydrogens is 318 g/mol. The van der Waals surface area contributed by atoms with Gasteiger partial charge in [-0.15, -0.1) is 0 Å². The summed E-state index contributed by atoms with van der Waals surface area (Å²) in [5.74, 6) is 0. The lowest BCUT2D eigenvalue weighted by atomic mass is 10.0. The highest BCUT2D eigenvalue weighted by molar-refractivity contribution is 9.10. The molecular formula is C14H26BrN5. The lowest BCUT2D eigenvalue weighted by molar-refractivity contribution is 0.194. The number of halogens is 1. The van der Waals surface area contributed by atoms with Crippen LogP contribution in [0.15, 0.2) is 4.47 Å². The molecule has 0 aromatic carbocycles. The molecule has 0 bridgehead atoms. The Morgan fingerprint density at radius 2 is 2.05 bits per heavy atom. The minimum Gasteiger partial charge on any atom is -0.326 e. The summed E-state index contributed by atoms with van der Waals surface area (Å²) in [6, 6.07) is 0.510. The average Bonchev–Trinajstić information content (AvgIpc) is 2.54. The van der Waals surface area contributed by atoms with E-state index < -0.39 is 0 Å². The predicted octanol–water partition coefficient (Wildman–Crippen LogP) is 0.997. The van der Waals surface area contributed by atoms with Gasteiger partial charge in [-0.25, -0.2) is 0 Å². The van der Waals surface area contributed by atoms with Crippen molar-refractivity contribution in [3.05, 3.63) is 15.9 Å². The number of aryl methyl sites for hydroxylation is 2. The first kappa shape index (κ1) is 15.9. The van der Waals surface area contributed by atoms with Crippen molar-refractivity contribution in [2.45, 2.75) is 31.8 Å². The summed E-state index contributed by atoms with van der Waals surface area (Å²) in [5.41, 5.74) is 8.74. The second-order valence-electron chi connectivity index (χ2n) is 6.00. The van der Waals surface area contributed by atoms with E-state index in [-0.39, 0.29) is 6.04 Å². The molecule has 2 rings (SSSR count). The molecule has 1 aromatic rings. The highest BCUT2D eigenvalue weighted by atomic mass is 79.9. The van der Waals surface area contributed by atoms with E-state index in [1.54, 1.807) is 0 Å². The van der Waals surface area contributed by atoms with Gasteiger partial charge in [-0.3, -0.25) is 4.68 Å². The molecule has 20 heavy (non-hydrogen) atoms. The van der Waals surface area contributed by atoms with Gasteiger partial charge < -0.3 is 15.5 Å². The van der Waals surface area contributed by atoms with Crippen LogP contribution in [0.25, 0.3) is 0 Å². The predicted molar refractivity (Wildman–Crippen MR) is 85.9 cm³/mol. The molecule has 2 heterocycles. The quantitative estimate of drug-likeness (QED) is 0.889. The van der Waals surface area contributed by atoms with Gasteiger partial charge in [-0.2, -0.15) is 5.10 Å². The van der Waals surface area contributed by atoms with Crippen molar-refractivity contribution in [3.8, 4) is 0 Å². The van der Waals surface area contributed by atoms with E-state index >= 15 is 0 Å². The molecule has 0 amide bonds. The van der Waals surface area contributed by atoms with E-state index in [1.807, 2.05) is 18.7 Å². The van der Waals surface area contributed by atoms with Crippen LogP contribution in [0.3, 0.4) is 0 Å². The molecule has 1 saturated heterocycles. The van der Waals surface area contributed by atoms with Crippen LogP contribution in [0, 0.1) is 6.92 Å².